The van der Waals surface area contributed by atoms with E-state index in [1.165, 1.54) is 4.68 Å². The number of amides is 3. The first-order valence-corrected chi connectivity index (χ1v) is 10.7. The number of hydrogen-bond acceptors (Lipinski definition) is 4. The van der Waals surface area contributed by atoms with E-state index < -0.39 is 16.3 Å². The highest BCUT2D eigenvalue weighted by Gasteiger charge is 2.57. The number of benzene rings is 1. The van der Waals surface area contributed by atoms with Crippen LogP contribution in [0.25, 0.3) is 10.9 Å². The van der Waals surface area contributed by atoms with Crippen LogP contribution < -0.4 is 11.1 Å². The van der Waals surface area contributed by atoms with E-state index in [1.807, 2.05) is 6.07 Å². The van der Waals surface area contributed by atoms with Crippen molar-refractivity contribution in [3.8, 4) is 0 Å². The molecule has 0 unspecified atom stereocenters. The summed E-state index contributed by atoms with van der Waals surface area (Å²) in [6.45, 7) is 0.904. The summed E-state index contributed by atoms with van der Waals surface area (Å²) in [7, 11) is 0. The Morgan fingerprint density at radius 3 is 2.70 bits per heavy atom. The van der Waals surface area contributed by atoms with Gasteiger partial charge in [0.25, 0.3) is 5.91 Å². The Kier molecular flexibility index (Phi) is 4.48. The maximum atomic E-state index is 13.1. The van der Waals surface area contributed by atoms with Crippen molar-refractivity contribution >= 4 is 51.8 Å². The number of rotatable bonds is 6. The molecular formula is C20H21Cl2N5O3. The summed E-state index contributed by atoms with van der Waals surface area (Å²) in [6, 6.07) is 6.64. The molecule has 0 radical (unpaired) electrons. The van der Waals surface area contributed by atoms with Crippen molar-refractivity contribution in [2.24, 2.45) is 23.5 Å². The molecule has 2 heterocycles. The van der Waals surface area contributed by atoms with E-state index in [4.69, 9.17) is 28.9 Å². The molecule has 158 valence electrons. The molecule has 2 aliphatic carbocycles. The van der Waals surface area contributed by atoms with Crippen LogP contribution in [0.4, 0.5) is 0 Å². The predicted octanol–water partition coefficient (Wildman–Crippen LogP) is 1.29. The molecule has 3 fully saturated rings. The second-order valence-electron chi connectivity index (χ2n) is 8.45. The monoisotopic (exact) mass is 449 g/mol. The smallest absolute Gasteiger partial charge is 0.269 e. The maximum Gasteiger partial charge on any atom is 0.269 e. The largest absolute Gasteiger partial charge is 0.364 e. The third-order valence-electron chi connectivity index (χ3n) is 6.39. The lowest BCUT2D eigenvalue weighted by Crippen LogP contribution is -2.49. The molecule has 0 spiro atoms. The normalized spacial score (nSPS) is 28.3. The lowest BCUT2D eigenvalue weighted by Gasteiger charge is -2.27. The number of likely N-dealkylation sites (tertiary alicyclic amines) is 1. The van der Waals surface area contributed by atoms with Gasteiger partial charge < -0.3 is 16.0 Å². The summed E-state index contributed by atoms with van der Waals surface area (Å²) in [5.41, 5.74) is 6.22. The van der Waals surface area contributed by atoms with Crippen molar-refractivity contribution in [3.05, 3.63) is 30.0 Å². The minimum Gasteiger partial charge on any atom is -0.364 e. The summed E-state index contributed by atoms with van der Waals surface area (Å²) in [5.74, 6) is -0.406. The Hall–Kier alpha value is -2.32. The minimum atomic E-state index is -0.750. The first kappa shape index (κ1) is 19.6. The second kappa shape index (κ2) is 6.85. The quantitative estimate of drug-likeness (QED) is 0.647. The number of fused-ring (bicyclic) bond motifs is 2. The molecule has 4 atom stereocenters. The number of para-hydroxylation sites is 1. The molecule has 0 bridgehead atoms. The number of nitrogens with two attached hydrogens (primary N) is 1. The Morgan fingerprint density at radius 1 is 1.27 bits per heavy atom. The lowest BCUT2D eigenvalue weighted by molar-refractivity contribution is -0.140. The van der Waals surface area contributed by atoms with Crippen LogP contribution in [-0.2, 0) is 16.1 Å². The summed E-state index contributed by atoms with van der Waals surface area (Å²) in [6.07, 6.45) is 1.61. The summed E-state index contributed by atoms with van der Waals surface area (Å²) < 4.78 is 0.732. The van der Waals surface area contributed by atoms with Crippen molar-refractivity contribution < 1.29 is 14.4 Å². The number of carbonyl (C=O) groups excluding carboxylic acids is 3. The van der Waals surface area contributed by atoms with E-state index in [1.54, 1.807) is 23.1 Å². The van der Waals surface area contributed by atoms with Crippen LogP contribution in [0.2, 0.25) is 0 Å². The number of nitrogens with zero attached hydrogens (tertiary/aromatic N) is 3. The highest BCUT2D eigenvalue weighted by molar-refractivity contribution is 6.50. The average Bonchev–Trinajstić information content (AvgIpc) is 3.49. The molecule has 3 amide bonds. The molecule has 3 N–H and O–H groups in total. The first-order chi connectivity index (χ1) is 14.3. The Balaban J connectivity index is 1.32. The first-order valence-electron chi connectivity index (χ1n) is 9.96. The molecule has 5 rings (SSSR count). The molecule has 2 saturated carbocycles. The van der Waals surface area contributed by atoms with Gasteiger partial charge in [-0.1, -0.05) is 18.2 Å². The highest BCUT2D eigenvalue weighted by Crippen LogP contribution is 2.53. The Morgan fingerprint density at radius 2 is 2.00 bits per heavy atom. The van der Waals surface area contributed by atoms with E-state index >= 15 is 0 Å². The standard InChI is InChI=1S/C20H21Cl2N5O3/c21-20(22)6-11(20)7-24-19(30)17-13-5-10(13)8-26(17)15(28)9-27-14-4-2-1-3-12(14)16(25-27)18(23)29/h1-4,10-11,13,17H,5-9H2,(H2,23,29)(H,24,30)/t10-,11-,13-,17+/m1/s1. The van der Waals surface area contributed by atoms with Crippen molar-refractivity contribution in [2.75, 3.05) is 13.1 Å². The van der Waals surface area contributed by atoms with Crippen LogP contribution in [0, 0.1) is 17.8 Å². The molecule has 10 heteroatoms. The highest BCUT2D eigenvalue weighted by atomic mass is 35.5. The number of carbonyl (C=O) groups is 3. The Labute approximate surface area is 182 Å². The molecule has 2 aromatic rings. The zero-order chi connectivity index (χ0) is 21.2. The van der Waals surface area contributed by atoms with Gasteiger partial charge in [0.15, 0.2) is 5.69 Å². The van der Waals surface area contributed by atoms with Crippen LogP contribution in [0.3, 0.4) is 0 Å². The average molecular weight is 450 g/mol. The van der Waals surface area contributed by atoms with Gasteiger partial charge in [-0.2, -0.15) is 5.10 Å². The number of hydrogen-bond donors (Lipinski definition) is 2. The number of aromatic nitrogens is 2. The molecule has 1 aliphatic heterocycles. The van der Waals surface area contributed by atoms with Gasteiger partial charge in [0.2, 0.25) is 11.8 Å². The van der Waals surface area contributed by atoms with Gasteiger partial charge in [-0.05, 0) is 30.7 Å². The fourth-order valence-electron chi connectivity index (χ4n) is 4.53. The molecule has 1 aromatic heterocycles. The number of piperidine rings is 1. The SMILES string of the molecule is NC(=O)c1nn(CC(=O)N2C[C@H]3C[C@H]3[C@H]2C(=O)NC[C@H]2CC2(Cl)Cl)c2ccccc12. The Bertz CT molecular complexity index is 1070. The second-order valence-corrected chi connectivity index (χ2v) is 9.99. The van der Waals surface area contributed by atoms with E-state index in [-0.39, 0.29) is 35.9 Å². The van der Waals surface area contributed by atoms with Gasteiger partial charge in [-0.15, -0.1) is 23.2 Å². The van der Waals surface area contributed by atoms with Crippen LogP contribution in [0.5, 0.6) is 0 Å². The van der Waals surface area contributed by atoms with Gasteiger partial charge in [0.1, 0.15) is 16.9 Å². The topological polar surface area (TPSA) is 110 Å². The number of nitrogens with one attached hydrogen (secondary N) is 1. The maximum absolute atomic E-state index is 13.1. The fraction of sp³-hybridized carbons (Fsp3) is 0.500. The summed E-state index contributed by atoms with van der Waals surface area (Å²) in [5, 5.41) is 7.76. The van der Waals surface area contributed by atoms with Crippen molar-refractivity contribution in [2.45, 2.75) is 29.8 Å². The van der Waals surface area contributed by atoms with Gasteiger partial charge in [-0.3, -0.25) is 19.1 Å². The van der Waals surface area contributed by atoms with E-state index in [0.717, 1.165) is 6.42 Å². The molecule has 30 heavy (non-hydrogen) atoms. The third kappa shape index (κ3) is 3.32. The number of alkyl halides is 2. The minimum absolute atomic E-state index is 0.0491. The van der Waals surface area contributed by atoms with Gasteiger partial charge in [0, 0.05) is 24.4 Å². The zero-order valence-electron chi connectivity index (χ0n) is 16.1. The molecule has 8 nitrogen and oxygen atoms in total. The van der Waals surface area contributed by atoms with Gasteiger partial charge in [-0.25, -0.2) is 0 Å². The molecule has 3 aliphatic rings. The predicted molar refractivity (Wildman–Crippen MR) is 111 cm³/mol. The van der Waals surface area contributed by atoms with Gasteiger partial charge in [0.05, 0.1) is 5.52 Å². The zero-order valence-corrected chi connectivity index (χ0v) is 17.6. The summed E-state index contributed by atoms with van der Waals surface area (Å²) in [4.78, 5) is 39.3. The summed E-state index contributed by atoms with van der Waals surface area (Å²) >= 11 is 12.1. The van der Waals surface area contributed by atoms with Crippen LogP contribution in [-0.4, -0.2) is 55.9 Å². The van der Waals surface area contributed by atoms with E-state index in [0.29, 0.717) is 36.3 Å². The fourth-order valence-corrected chi connectivity index (χ4v) is 5.05. The third-order valence-corrected chi connectivity index (χ3v) is 7.32. The van der Waals surface area contributed by atoms with Crippen LogP contribution >= 0.6 is 23.2 Å². The van der Waals surface area contributed by atoms with Crippen molar-refractivity contribution in [1.29, 1.82) is 0 Å². The van der Waals surface area contributed by atoms with Crippen LogP contribution in [0.1, 0.15) is 23.3 Å². The van der Waals surface area contributed by atoms with E-state index in [9.17, 15) is 14.4 Å². The van der Waals surface area contributed by atoms with Crippen molar-refractivity contribution in [3.63, 3.8) is 0 Å². The van der Waals surface area contributed by atoms with Gasteiger partial charge >= 0.3 is 0 Å². The molecule has 1 aromatic carbocycles. The van der Waals surface area contributed by atoms with Crippen molar-refractivity contribution in [1.82, 2.24) is 20.0 Å². The van der Waals surface area contributed by atoms with E-state index in [2.05, 4.69) is 10.4 Å². The van der Waals surface area contributed by atoms with Crippen LogP contribution in [0.15, 0.2) is 24.3 Å². The number of primary amides is 1. The molecular weight excluding hydrogens is 429 g/mol. The molecule has 1 saturated heterocycles. The number of halogens is 2. The lowest BCUT2D eigenvalue weighted by atomic mass is 10.1.